The van der Waals surface area contributed by atoms with Crippen molar-refractivity contribution in [2.45, 2.75) is 27.7 Å². The summed E-state index contributed by atoms with van der Waals surface area (Å²) in [4.78, 5) is 0. The molecule has 1 N–H and O–H groups in total. The molecular weight excluding hydrogens is 347 g/mol. The summed E-state index contributed by atoms with van der Waals surface area (Å²) in [6.07, 6.45) is 1.54. The molecular formula is C17H16Cl2N4O. The number of phenolic OH excluding ortho intramolecular Hbond substituents is 1. The quantitative estimate of drug-likeness (QED) is 0.679. The molecule has 0 saturated heterocycles. The first-order valence-electron chi connectivity index (χ1n) is 7.35. The monoisotopic (exact) mass is 362 g/mol. The predicted molar refractivity (Wildman–Crippen MR) is 97.6 cm³/mol. The van der Waals surface area contributed by atoms with Crippen molar-refractivity contribution in [3.63, 3.8) is 0 Å². The van der Waals surface area contributed by atoms with E-state index in [0.29, 0.717) is 10.6 Å². The molecule has 5 nitrogen and oxygen atoms in total. The van der Waals surface area contributed by atoms with Crippen molar-refractivity contribution in [3.8, 4) is 5.75 Å². The largest absolute Gasteiger partial charge is 0.506 e. The number of hydrogen-bond acceptors (Lipinski definition) is 4. The molecule has 0 aliphatic heterocycles. The maximum absolute atomic E-state index is 10.1. The number of nitrogens with zero attached hydrogens (tertiary/aromatic N) is 4. The van der Waals surface area contributed by atoms with Crippen LogP contribution in [0.25, 0.3) is 10.8 Å². The van der Waals surface area contributed by atoms with Gasteiger partial charge in [-0.05, 0) is 39.8 Å². The van der Waals surface area contributed by atoms with Gasteiger partial charge < -0.3 is 5.11 Å². The van der Waals surface area contributed by atoms with Crippen LogP contribution >= 0.6 is 23.2 Å². The summed E-state index contributed by atoms with van der Waals surface area (Å²) in [6.45, 7) is 7.81. The van der Waals surface area contributed by atoms with E-state index in [0.717, 1.165) is 33.5 Å². The molecule has 0 saturated carbocycles. The summed E-state index contributed by atoms with van der Waals surface area (Å²) < 4.78 is 1.81. The molecule has 0 bridgehead atoms. The predicted octanol–water partition coefficient (Wildman–Crippen LogP) is 4.56. The summed E-state index contributed by atoms with van der Waals surface area (Å²) in [7, 11) is 0. The van der Waals surface area contributed by atoms with Gasteiger partial charge in [-0.15, -0.1) is 0 Å². The van der Waals surface area contributed by atoms with Crippen molar-refractivity contribution in [2.75, 3.05) is 0 Å². The second kappa shape index (κ2) is 6.07. The van der Waals surface area contributed by atoms with Crippen LogP contribution in [0.5, 0.6) is 5.75 Å². The fourth-order valence-electron chi connectivity index (χ4n) is 2.94. The normalized spacial score (nSPS) is 11.8. The third-order valence-corrected chi connectivity index (χ3v) is 4.56. The van der Waals surface area contributed by atoms with Gasteiger partial charge in [0.2, 0.25) is 0 Å². The number of hydrogen-bond donors (Lipinski definition) is 1. The molecule has 3 rings (SSSR count). The van der Waals surface area contributed by atoms with Crippen LogP contribution in [0.1, 0.15) is 28.3 Å². The zero-order valence-electron chi connectivity index (χ0n) is 13.7. The molecule has 0 aliphatic rings. The Kier molecular flexibility index (Phi) is 4.24. The van der Waals surface area contributed by atoms with E-state index < -0.39 is 0 Å². The van der Waals surface area contributed by atoms with Gasteiger partial charge in [0.25, 0.3) is 0 Å². The highest BCUT2D eigenvalue weighted by molar-refractivity contribution is 6.36. The van der Waals surface area contributed by atoms with Gasteiger partial charge in [-0.3, -0.25) is 0 Å². The highest BCUT2D eigenvalue weighted by Crippen LogP contribution is 2.31. The van der Waals surface area contributed by atoms with Crippen LogP contribution in [0.4, 0.5) is 0 Å². The lowest BCUT2D eigenvalue weighted by molar-refractivity contribution is 0.474. The Labute approximate surface area is 149 Å². The van der Waals surface area contributed by atoms with Gasteiger partial charge in [-0.1, -0.05) is 23.2 Å². The van der Waals surface area contributed by atoms with Gasteiger partial charge in [0.05, 0.1) is 22.6 Å². The molecule has 0 spiro atoms. The van der Waals surface area contributed by atoms with Crippen molar-refractivity contribution >= 4 is 40.2 Å². The zero-order chi connectivity index (χ0) is 17.6. The average molecular weight is 363 g/mol. The SMILES string of the molecule is Cc1nnc(C)c2c(C)n(/N=C\c3cc(Cl)cc(Cl)c3O)c(C)c12. The third kappa shape index (κ3) is 2.64. The van der Waals surface area contributed by atoms with Crippen LogP contribution in [-0.2, 0) is 0 Å². The minimum Gasteiger partial charge on any atom is -0.506 e. The molecule has 0 atom stereocenters. The summed E-state index contributed by atoms with van der Waals surface area (Å²) in [5.41, 5.74) is 4.09. The van der Waals surface area contributed by atoms with Crippen molar-refractivity contribution < 1.29 is 5.11 Å². The molecule has 0 fully saturated rings. The van der Waals surface area contributed by atoms with Crippen molar-refractivity contribution in [1.82, 2.24) is 14.9 Å². The molecule has 124 valence electrons. The number of aromatic nitrogens is 3. The summed E-state index contributed by atoms with van der Waals surface area (Å²) in [5.74, 6) is -0.0486. The van der Waals surface area contributed by atoms with E-state index in [-0.39, 0.29) is 10.8 Å². The van der Waals surface area contributed by atoms with Crippen LogP contribution in [0.3, 0.4) is 0 Å². The Hall–Kier alpha value is -2.11. The van der Waals surface area contributed by atoms with E-state index in [2.05, 4.69) is 15.3 Å². The van der Waals surface area contributed by atoms with E-state index in [1.165, 1.54) is 12.3 Å². The molecule has 0 radical (unpaired) electrons. The molecule has 3 aromatic rings. The number of aryl methyl sites for hydroxylation is 4. The first-order chi connectivity index (χ1) is 11.3. The molecule has 24 heavy (non-hydrogen) atoms. The summed E-state index contributed by atoms with van der Waals surface area (Å²) >= 11 is 11.9. The number of fused-ring (bicyclic) bond motifs is 1. The molecule has 1 aromatic carbocycles. The minimum absolute atomic E-state index is 0.0486. The highest BCUT2D eigenvalue weighted by atomic mass is 35.5. The van der Waals surface area contributed by atoms with E-state index in [1.807, 2.05) is 32.4 Å². The van der Waals surface area contributed by atoms with Crippen LogP contribution in [0, 0.1) is 27.7 Å². The zero-order valence-corrected chi connectivity index (χ0v) is 15.2. The maximum Gasteiger partial charge on any atom is 0.143 e. The smallest absolute Gasteiger partial charge is 0.143 e. The highest BCUT2D eigenvalue weighted by Gasteiger charge is 2.16. The Morgan fingerprint density at radius 2 is 1.54 bits per heavy atom. The van der Waals surface area contributed by atoms with Gasteiger partial charge in [-0.25, -0.2) is 4.68 Å². The van der Waals surface area contributed by atoms with Crippen LogP contribution < -0.4 is 0 Å². The van der Waals surface area contributed by atoms with E-state index in [9.17, 15) is 5.11 Å². The Balaban J connectivity index is 2.18. The second-order valence-corrected chi connectivity index (χ2v) is 6.52. The number of phenols is 1. The van der Waals surface area contributed by atoms with Gasteiger partial charge in [-0.2, -0.15) is 15.3 Å². The summed E-state index contributed by atoms with van der Waals surface area (Å²) in [6, 6.07) is 3.10. The summed E-state index contributed by atoms with van der Waals surface area (Å²) in [5, 5.41) is 25.6. The first kappa shape index (κ1) is 16.7. The van der Waals surface area contributed by atoms with Crippen molar-refractivity contribution in [3.05, 3.63) is 50.5 Å². The van der Waals surface area contributed by atoms with E-state index in [1.54, 1.807) is 6.07 Å². The van der Waals surface area contributed by atoms with Crippen LogP contribution in [-0.4, -0.2) is 26.2 Å². The number of benzene rings is 1. The van der Waals surface area contributed by atoms with E-state index in [4.69, 9.17) is 23.2 Å². The van der Waals surface area contributed by atoms with E-state index >= 15 is 0 Å². The molecule has 7 heteroatoms. The number of halogens is 2. The van der Waals surface area contributed by atoms with Gasteiger partial charge in [0.15, 0.2) is 0 Å². The third-order valence-electron chi connectivity index (χ3n) is 4.05. The Bertz CT molecular complexity index is 947. The fraction of sp³-hybridized carbons (Fsp3) is 0.235. The molecule has 2 aromatic heterocycles. The minimum atomic E-state index is -0.0486. The lowest BCUT2D eigenvalue weighted by atomic mass is 10.1. The van der Waals surface area contributed by atoms with Gasteiger partial charge >= 0.3 is 0 Å². The van der Waals surface area contributed by atoms with Gasteiger partial charge in [0, 0.05) is 32.7 Å². The standard InChI is InChI=1S/C17H16Cl2N4O/c1-8-15-10(3)23(11(4)16(15)9(2)22-21-8)20-7-12-5-13(18)6-14(19)17(12)24/h5-7,24H,1-4H3/b20-7-. The molecule has 0 aliphatic carbocycles. The van der Waals surface area contributed by atoms with Crippen LogP contribution in [0.2, 0.25) is 10.0 Å². The molecule has 0 unspecified atom stereocenters. The number of aromatic hydroxyl groups is 1. The molecule has 2 heterocycles. The average Bonchev–Trinajstić information content (AvgIpc) is 2.78. The van der Waals surface area contributed by atoms with Crippen molar-refractivity contribution in [1.29, 1.82) is 0 Å². The van der Waals surface area contributed by atoms with Crippen molar-refractivity contribution in [2.24, 2.45) is 5.10 Å². The maximum atomic E-state index is 10.1. The lowest BCUT2D eigenvalue weighted by Crippen LogP contribution is -1.96. The van der Waals surface area contributed by atoms with Gasteiger partial charge in [0.1, 0.15) is 5.75 Å². The lowest BCUT2D eigenvalue weighted by Gasteiger charge is -2.04. The second-order valence-electron chi connectivity index (χ2n) is 5.67. The number of rotatable bonds is 2. The Morgan fingerprint density at radius 1 is 1.00 bits per heavy atom. The topological polar surface area (TPSA) is 63.3 Å². The fourth-order valence-corrected chi connectivity index (χ4v) is 3.45. The van der Waals surface area contributed by atoms with Crippen LogP contribution in [0.15, 0.2) is 17.2 Å². The Morgan fingerprint density at radius 3 is 2.08 bits per heavy atom. The molecule has 0 amide bonds. The first-order valence-corrected chi connectivity index (χ1v) is 8.10.